The Hall–Kier alpha value is -1.20. The van der Waals surface area contributed by atoms with E-state index in [9.17, 15) is 13.6 Å². The lowest BCUT2D eigenvalue weighted by molar-refractivity contribution is -0.125. The summed E-state index contributed by atoms with van der Waals surface area (Å²) in [4.78, 5) is 11.8. The maximum atomic E-state index is 13.3. The average molecular weight is 291 g/mol. The summed E-state index contributed by atoms with van der Waals surface area (Å²) >= 11 is 0. The molecule has 0 radical (unpaired) electrons. The van der Waals surface area contributed by atoms with Gasteiger partial charge < -0.3 is 10.6 Å². The minimum absolute atomic E-state index is 0. The molecule has 1 amide bonds. The van der Waals surface area contributed by atoms with Crippen LogP contribution in [0.4, 0.5) is 8.78 Å². The molecule has 1 aromatic carbocycles. The maximum absolute atomic E-state index is 13.3. The van der Waals surface area contributed by atoms with Gasteiger partial charge in [0.15, 0.2) is 0 Å². The molecule has 3 nitrogen and oxygen atoms in total. The van der Waals surface area contributed by atoms with E-state index < -0.39 is 11.6 Å². The number of nitrogens with one attached hydrogen (secondary N) is 2. The summed E-state index contributed by atoms with van der Waals surface area (Å²) in [5.41, 5.74) is 0.178. The third-order valence-corrected chi connectivity index (χ3v) is 3.17. The van der Waals surface area contributed by atoms with Gasteiger partial charge in [-0.05, 0) is 44.1 Å². The summed E-state index contributed by atoms with van der Waals surface area (Å²) in [5.74, 6) is -1.10. The Bertz CT molecular complexity index is 437. The predicted octanol–water partition coefficient (Wildman–Crippen LogP) is 2.00. The second-order valence-electron chi connectivity index (χ2n) is 4.48. The van der Waals surface area contributed by atoms with Crippen molar-refractivity contribution in [2.24, 2.45) is 5.92 Å². The second-order valence-corrected chi connectivity index (χ2v) is 4.48. The number of hydrogen-bond donors (Lipinski definition) is 2. The van der Waals surface area contributed by atoms with Gasteiger partial charge in [-0.15, -0.1) is 12.4 Å². The zero-order chi connectivity index (χ0) is 13.0. The normalized spacial score (nSPS) is 15.7. The van der Waals surface area contributed by atoms with Crippen molar-refractivity contribution in [3.05, 3.63) is 35.4 Å². The van der Waals surface area contributed by atoms with Crippen molar-refractivity contribution >= 4 is 18.3 Å². The summed E-state index contributed by atoms with van der Waals surface area (Å²) in [6.45, 7) is 1.69. The molecule has 1 aliphatic rings. The molecule has 1 aliphatic heterocycles. The van der Waals surface area contributed by atoms with Gasteiger partial charge in [0.05, 0.1) is 0 Å². The Balaban J connectivity index is 0.00000180. The van der Waals surface area contributed by atoms with Crippen molar-refractivity contribution in [2.45, 2.75) is 19.4 Å². The van der Waals surface area contributed by atoms with E-state index in [0.717, 1.165) is 44.1 Å². The predicted molar refractivity (Wildman–Crippen MR) is 71.0 cm³/mol. The van der Waals surface area contributed by atoms with Crippen LogP contribution in [0.25, 0.3) is 0 Å². The molecule has 0 bridgehead atoms. The van der Waals surface area contributed by atoms with Crippen LogP contribution in [-0.4, -0.2) is 19.0 Å². The molecule has 2 rings (SSSR count). The Labute approximate surface area is 117 Å². The molecule has 6 heteroatoms. The number of hydrogen-bond acceptors (Lipinski definition) is 2. The van der Waals surface area contributed by atoms with E-state index in [1.165, 1.54) is 0 Å². The van der Waals surface area contributed by atoms with Crippen LogP contribution in [-0.2, 0) is 11.3 Å². The summed E-state index contributed by atoms with van der Waals surface area (Å²) in [6.07, 6.45) is 1.58. The lowest BCUT2D eigenvalue weighted by atomic mass is 9.97. The van der Waals surface area contributed by atoms with Crippen molar-refractivity contribution in [3.8, 4) is 0 Å². The minimum atomic E-state index is -0.498. The van der Waals surface area contributed by atoms with E-state index >= 15 is 0 Å². The maximum Gasteiger partial charge on any atom is 0.223 e. The average Bonchev–Trinajstić information content (AvgIpc) is 2.40. The van der Waals surface area contributed by atoms with Gasteiger partial charge >= 0.3 is 0 Å². The van der Waals surface area contributed by atoms with Gasteiger partial charge in [0.2, 0.25) is 5.91 Å². The molecule has 0 unspecified atom stereocenters. The number of halogens is 3. The highest BCUT2D eigenvalue weighted by atomic mass is 35.5. The van der Waals surface area contributed by atoms with Gasteiger partial charge in [-0.3, -0.25) is 4.79 Å². The Morgan fingerprint density at radius 1 is 1.32 bits per heavy atom. The van der Waals surface area contributed by atoms with Crippen molar-refractivity contribution in [3.63, 3.8) is 0 Å². The third-order valence-electron chi connectivity index (χ3n) is 3.17. The lowest BCUT2D eigenvalue weighted by Crippen LogP contribution is -2.38. The highest BCUT2D eigenvalue weighted by molar-refractivity contribution is 5.85. The lowest BCUT2D eigenvalue weighted by Gasteiger charge is -2.21. The first kappa shape index (κ1) is 15.9. The fraction of sp³-hybridized carbons (Fsp3) is 0.462. The molecule has 0 aliphatic carbocycles. The largest absolute Gasteiger partial charge is 0.352 e. The summed E-state index contributed by atoms with van der Waals surface area (Å²) in [6, 6.07) is 3.24. The van der Waals surface area contributed by atoms with E-state index in [0.29, 0.717) is 0 Å². The van der Waals surface area contributed by atoms with Crippen LogP contribution in [0.5, 0.6) is 0 Å². The molecule has 0 spiro atoms. The van der Waals surface area contributed by atoms with Crippen LogP contribution in [0.15, 0.2) is 18.2 Å². The number of rotatable bonds is 3. The summed E-state index contributed by atoms with van der Waals surface area (Å²) in [5, 5.41) is 5.83. The smallest absolute Gasteiger partial charge is 0.223 e. The van der Waals surface area contributed by atoms with Crippen molar-refractivity contribution in [1.82, 2.24) is 10.6 Å². The van der Waals surface area contributed by atoms with Gasteiger partial charge in [-0.1, -0.05) is 0 Å². The molecule has 106 valence electrons. The van der Waals surface area contributed by atoms with Gasteiger partial charge in [-0.2, -0.15) is 0 Å². The Morgan fingerprint density at radius 2 is 2.00 bits per heavy atom. The monoisotopic (exact) mass is 290 g/mol. The second kappa shape index (κ2) is 7.40. The number of carbonyl (C=O) groups excluding carboxylic acids is 1. The topological polar surface area (TPSA) is 41.1 Å². The standard InChI is InChI=1S/C13H16F2N2O.ClH/c14-11-1-2-12(15)10(7-11)8-17-13(18)9-3-5-16-6-4-9;/h1-2,7,9,16H,3-6,8H2,(H,17,18);1H. The van der Waals surface area contributed by atoms with Crippen molar-refractivity contribution in [2.75, 3.05) is 13.1 Å². The molecular formula is C13H17ClF2N2O. The van der Waals surface area contributed by atoms with E-state index in [4.69, 9.17) is 0 Å². The highest BCUT2D eigenvalue weighted by Crippen LogP contribution is 2.13. The highest BCUT2D eigenvalue weighted by Gasteiger charge is 2.20. The number of amides is 1. The molecule has 2 N–H and O–H groups in total. The third kappa shape index (κ3) is 4.44. The molecule has 0 aromatic heterocycles. The number of carbonyl (C=O) groups is 1. The van der Waals surface area contributed by atoms with E-state index in [1.807, 2.05) is 0 Å². The summed E-state index contributed by atoms with van der Waals surface area (Å²) < 4.78 is 26.3. The van der Waals surface area contributed by atoms with E-state index in [-0.39, 0.29) is 36.3 Å². The molecule has 19 heavy (non-hydrogen) atoms. The molecule has 0 saturated carbocycles. The molecular weight excluding hydrogens is 274 g/mol. The van der Waals surface area contributed by atoms with Gasteiger partial charge in [0.25, 0.3) is 0 Å². The van der Waals surface area contributed by atoms with Gasteiger partial charge in [-0.25, -0.2) is 8.78 Å². The summed E-state index contributed by atoms with van der Waals surface area (Å²) in [7, 11) is 0. The Kier molecular flexibility index (Phi) is 6.18. The van der Waals surface area contributed by atoms with Crippen LogP contribution in [0, 0.1) is 17.6 Å². The van der Waals surface area contributed by atoms with Crippen molar-refractivity contribution in [1.29, 1.82) is 0 Å². The van der Waals surface area contributed by atoms with E-state index in [1.54, 1.807) is 0 Å². The van der Waals surface area contributed by atoms with Gasteiger partial charge in [0, 0.05) is 18.0 Å². The number of benzene rings is 1. The molecule has 0 atom stereocenters. The van der Waals surface area contributed by atoms with Crippen LogP contribution >= 0.6 is 12.4 Å². The van der Waals surface area contributed by atoms with E-state index in [2.05, 4.69) is 10.6 Å². The molecule has 1 aromatic rings. The van der Waals surface area contributed by atoms with Crippen molar-refractivity contribution < 1.29 is 13.6 Å². The molecule has 1 heterocycles. The fourth-order valence-electron chi connectivity index (χ4n) is 2.09. The van der Waals surface area contributed by atoms with Crippen LogP contribution in [0.1, 0.15) is 18.4 Å². The quantitative estimate of drug-likeness (QED) is 0.894. The van der Waals surface area contributed by atoms with Crippen LogP contribution in [0.3, 0.4) is 0 Å². The molecule has 1 saturated heterocycles. The zero-order valence-corrected chi connectivity index (χ0v) is 11.2. The first-order chi connectivity index (χ1) is 8.66. The van der Waals surface area contributed by atoms with Crippen LogP contribution < -0.4 is 10.6 Å². The van der Waals surface area contributed by atoms with Crippen LogP contribution in [0.2, 0.25) is 0 Å². The van der Waals surface area contributed by atoms with Gasteiger partial charge in [0.1, 0.15) is 11.6 Å². The zero-order valence-electron chi connectivity index (χ0n) is 10.4. The Morgan fingerprint density at radius 3 is 2.68 bits per heavy atom. The number of piperidine rings is 1. The molecule has 1 fully saturated rings. The fourth-order valence-corrected chi connectivity index (χ4v) is 2.09. The first-order valence-electron chi connectivity index (χ1n) is 6.09. The first-order valence-corrected chi connectivity index (χ1v) is 6.09. The SMILES string of the molecule is Cl.O=C(NCc1cc(F)ccc1F)C1CCNCC1. The minimum Gasteiger partial charge on any atom is -0.352 e.